The monoisotopic (exact) mass is 426 g/mol. The second-order valence-corrected chi connectivity index (χ2v) is 9.30. The Bertz CT molecular complexity index is 886. The van der Waals surface area contributed by atoms with E-state index in [9.17, 15) is 13.2 Å². The molecule has 28 heavy (non-hydrogen) atoms. The number of nitrogens with zero attached hydrogens (tertiary/aromatic N) is 2. The van der Waals surface area contributed by atoms with E-state index >= 15 is 0 Å². The van der Waals surface area contributed by atoms with E-state index in [1.807, 2.05) is 0 Å². The van der Waals surface area contributed by atoms with E-state index in [0.29, 0.717) is 36.0 Å². The van der Waals surface area contributed by atoms with Crippen LogP contribution in [0.3, 0.4) is 0 Å². The number of halogens is 1. The van der Waals surface area contributed by atoms with Crippen molar-refractivity contribution in [1.29, 1.82) is 5.26 Å². The molecule has 0 radical (unpaired) electrons. The van der Waals surface area contributed by atoms with Gasteiger partial charge < -0.3 is 9.64 Å². The van der Waals surface area contributed by atoms with Gasteiger partial charge in [-0.25, -0.2) is 8.42 Å². The molecule has 0 bridgehead atoms. The maximum Gasteiger partial charge on any atom is 0.240 e. The van der Waals surface area contributed by atoms with Crippen molar-refractivity contribution in [1.82, 2.24) is 10.2 Å². The molecular formula is C18H23ClN4O4S. The van der Waals surface area contributed by atoms with Crippen molar-refractivity contribution in [2.45, 2.75) is 43.8 Å². The largest absolute Gasteiger partial charge is 0.490 e. The molecule has 152 valence electrons. The maximum atomic E-state index is 12.6. The summed E-state index contributed by atoms with van der Waals surface area (Å²) in [4.78, 5) is 14.3. The highest BCUT2D eigenvalue weighted by atomic mass is 35.5. The Morgan fingerprint density at radius 2 is 2.21 bits per heavy atom. The van der Waals surface area contributed by atoms with Crippen LogP contribution in [0.5, 0.6) is 5.75 Å². The number of rotatable bonds is 6. The molecule has 2 aliphatic rings. The fourth-order valence-corrected chi connectivity index (χ4v) is 4.39. The molecule has 0 saturated carbocycles. The Balaban J connectivity index is 1.52. The highest BCUT2D eigenvalue weighted by Crippen LogP contribution is 2.29. The molecular weight excluding hydrogens is 404 g/mol. The number of benzene rings is 1. The molecule has 0 spiro atoms. The van der Waals surface area contributed by atoms with E-state index in [2.05, 4.69) is 16.1 Å². The first-order valence-electron chi connectivity index (χ1n) is 9.13. The number of likely N-dealkylation sites (tertiary alicyclic amines) is 1. The van der Waals surface area contributed by atoms with Crippen LogP contribution in [0.25, 0.3) is 0 Å². The van der Waals surface area contributed by atoms with Crippen LogP contribution in [0.2, 0.25) is 5.02 Å². The van der Waals surface area contributed by atoms with E-state index in [1.165, 1.54) is 6.07 Å². The van der Waals surface area contributed by atoms with Crippen molar-refractivity contribution in [3.05, 3.63) is 23.2 Å². The van der Waals surface area contributed by atoms with E-state index in [4.69, 9.17) is 21.6 Å². The van der Waals surface area contributed by atoms with Crippen LogP contribution in [0, 0.1) is 11.3 Å². The third kappa shape index (κ3) is 5.07. The molecule has 2 fully saturated rings. The van der Waals surface area contributed by atoms with Crippen molar-refractivity contribution in [2.75, 3.05) is 24.1 Å². The Morgan fingerprint density at radius 1 is 1.43 bits per heavy atom. The summed E-state index contributed by atoms with van der Waals surface area (Å²) in [6, 6.07) is 6.26. The van der Waals surface area contributed by atoms with Crippen LogP contribution in [-0.2, 0) is 14.8 Å². The average molecular weight is 427 g/mol. The maximum absolute atomic E-state index is 12.6. The van der Waals surface area contributed by atoms with Gasteiger partial charge in [-0.05, 0) is 43.9 Å². The summed E-state index contributed by atoms with van der Waals surface area (Å²) in [6.07, 6.45) is 4.16. The molecule has 0 aromatic heterocycles. The van der Waals surface area contributed by atoms with Gasteiger partial charge in [-0.15, -0.1) is 0 Å². The first kappa shape index (κ1) is 20.7. The molecule has 2 N–H and O–H groups in total. The Labute approximate surface area is 169 Å². The smallest absolute Gasteiger partial charge is 0.240 e. The molecule has 3 rings (SSSR count). The van der Waals surface area contributed by atoms with Gasteiger partial charge in [-0.2, -0.15) is 5.26 Å². The summed E-state index contributed by atoms with van der Waals surface area (Å²) in [5.74, 6) is 0.433. The number of amides is 1. The van der Waals surface area contributed by atoms with Crippen molar-refractivity contribution in [2.24, 2.45) is 0 Å². The molecule has 0 unspecified atom stereocenters. The van der Waals surface area contributed by atoms with E-state index in [1.54, 1.807) is 17.0 Å². The third-order valence-corrected chi connectivity index (χ3v) is 5.80. The van der Waals surface area contributed by atoms with Crippen molar-refractivity contribution >= 4 is 33.2 Å². The summed E-state index contributed by atoms with van der Waals surface area (Å²) in [7, 11) is -3.38. The normalized spacial score (nSPS) is 24.8. The minimum absolute atomic E-state index is 0.00183. The quantitative estimate of drug-likeness (QED) is 0.716. The molecule has 1 amide bonds. The predicted molar refractivity (Wildman–Crippen MR) is 106 cm³/mol. The fourth-order valence-electron chi connectivity index (χ4n) is 3.60. The van der Waals surface area contributed by atoms with Gasteiger partial charge in [0, 0.05) is 12.6 Å². The number of hydrogen-bond acceptors (Lipinski definition) is 6. The highest BCUT2D eigenvalue weighted by molar-refractivity contribution is 7.92. The number of ether oxygens (including phenoxy) is 1. The SMILES string of the molecule is CS(=O)(=O)Nc1ccc(OC[C@H]2CC[C@@H](C(=O)N3CCC[C@H]3C#N)N2)c(Cl)c1. The van der Waals surface area contributed by atoms with Gasteiger partial charge >= 0.3 is 0 Å². The zero-order chi connectivity index (χ0) is 20.3. The van der Waals surface area contributed by atoms with Crippen LogP contribution >= 0.6 is 11.6 Å². The number of carbonyl (C=O) groups is 1. The van der Waals surface area contributed by atoms with Crippen molar-refractivity contribution in [3.63, 3.8) is 0 Å². The van der Waals surface area contributed by atoms with Crippen LogP contribution in [-0.4, -0.2) is 56.8 Å². The number of nitriles is 1. The summed E-state index contributed by atoms with van der Waals surface area (Å²) in [6.45, 7) is 0.976. The molecule has 2 aliphatic heterocycles. The van der Waals surface area contributed by atoms with Crippen LogP contribution in [0.1, 0.15) is 25.7 Å². The van der Waals surface area contributed by atoms with Gasteiger partial charge in [0.05, 0.1) is 29.1 Å². The fraction of sp³-hybridized carbons (Fsp3) is 0.556. The van der Waals surface area contributed by atoms with Crippen molar-refractivity contribution in [3.8, 4) is 11.8 Å². The molecule has 3 atom stereocenters. The second-order valence-electron chi connectivity index (χ2n) is 7.14. The van der Waals surface area contributed by atoms with Crippen LogP contribution in [0.4, 0.5) is 5.69 Å². The van der Waals surface area contributed by atoms with Crippen LogP contribution in [0.15, 0.2) is 18.2 Å². The summed E-state index contributed by atoms with van der Waals surface area (Å²) in [5.41, 5.74) is 0.363. The van der Waals surface area contributed by atoms with E-state index in [-0.39, 0.29) is 24.0 Å². The summed E-state index contributed by atoms with van der Waals surface area (Å²) >= 11 is 6.17. The predicted octanol–water partition coefficient (Wildman–Crippen LogP) is 1.73. The van der Waals surface area contributed by atoms with Gasteiger partial charge in [0.25, 0.3) is 0 Å². The standard InChI is InChI=1S/C18H23ClN4O4S/c1-28(25,26)22-12-5-7-17(15(19)9-12)27-11-13-4-6-16(21-13)18(24)23-8-2-3-14(23)10-20/h5,7,9,13-14,16,21-22H,2-4,6,8,11H2,1H3/t13-,14+,16+/m1/s1. The molecule has 2 saturated heterocycles. The van der Waals surface area contributed by atoms with E-state index < -0.39 is 10.0 Å². The zero-order valence-electron chi connectivity index (χ0n) is 15.5. The number of sulfonamides is 1. The lowest BCUT2D eigenvalue weighted by atomic mass is 10.1. The summed E-state index contributed by atoms with van der Waals surface area (Å²) in [5, 5.41) is 12.7. The first-order chi connectivity index (χ1) is 13.3. The molecule has 10 heteroatoms. The second kappa shape index (κ2) is 8.55. The minimum Gasteiger partial charge on any atom is -0.490 e. The zero-order valence-corrected chi connectivity index (χ0v) is 17.1. The third-order valence-electron chi connectivity index (χ3n) is 4.90. The number of carbonyl (C=O) groups excluding carboxylic acids is 1. The van der Waals surface area contributed by atoms with Crippen LogP contribution < -0.4 is 14.8 Å². The van der Waals surface area contributed by atoms with Gasteiger partial charge in [0.1, 0.15) is 18.4 Å². The van der Waals surface area contributed by atoms with Gasteiger partial charge in [0.15, 0.2) is 0 Å². The number of anilines is 1. The lowest BCUT2D eigenvalue weighted by molar-refractivity contribution is -0.133. The van der Waals surface area contributed by atoms with Gasteiger partial charge in [0.2, 0.25) is 15.9 Å². The molecule has 0 aliphatic carbocycles. The minimum atomic E-state index is -3.38. The molecule has 1 aromatic rings. The summed E-state index contributed by atoms with van der Waals surface area (Å²) < 4.78 is 30.7. The topological polar surface area (TPSA) is 112 Å². The van der Waals surface area contributed by atoms with Gasteiger partial charge in [-0.3, -0.25) is 14.8 Å². The lowest BCUT2D eigenvalue weighted by Crippen LogP contribution is -2.47. The molecule has 8 nitrogen and oxygen atoms in total. The van der Waals surface area contributed by atoms with Gasteiger partial charge in [-0.1, -0.05) is 11.6 Å². The highest BCUT2D eigenvalue weighted by Gasteiger charge is 2.36. The Morgan fingerprint density at radius 3 is 2.89 bits per heavy atom. The lowest BCUT2D eigenvalue weighted by Gasteiger charge is -2.24. The molecule has 1 aromatic carbocycles. The van der Waals surface area contributed by atoms with Crippen molar-refractivity contribution < 1.29 is 17.9 Å². The average Bonchev–Trinajstić information content (AvgIpc) is 3.28. The number of hydrogen-bond donors (Lipinski definition) is 2. The Hall–Kier alpha value is -2.02. The first-order valence-corrected chi connectivity index (χ1v) is 11.4. The van der Waals surface area contributed by atoms with E-state index in [0.717, 1.165) is 25.5 Å². The number of nitrogens with one attached hydrogen (secondary N) is 2. The Kier molecular flexibility index (Phi) is 6.33. The molecule has 2 heterocycles.